The van der Waals surface area contributed by atoms with E-state index in [-0.39, 0.29) is 16.4 Å². The van der Waals surface area contributed by atoms with Crippen LogP contribution in [0.2, 0.25) is 0 Å². The third-order valence-electron chi connectivity index (χ3n) is 2.12. The molecule has 8 nitrogen and oxygen atoms in total. The van der Waals surface area contributed by atoms with Crippen LogP contribution in [-0.4, -0.2) is 32.3 Å². The molecule has 10 heteroatoms. The molecule has 2 aromatic heterocycles. The normalized spacial score (nSPS) is 10.3. The van der Waals surface area contributed by atoms with Crippen LogP contribution < -0.4 is 0 Å². The van der Waals surface area contributed by atoms with Crippen LogP contribution in [0.25, 0.3) is 0 Å². The number of aromatic nitrogens is 3. The average Bonchev–Trinajstić information content (AvgIpc) is 2.82. The van der Waals surface area contributed by atoms with E-state index in [1.165, 1.54) is 19.2 Å². The number of nitro groups is 1. The van der Waals surface area contributed by atoms with Gasteiger partial charge in [-0.3, -0.25) is 10.1 Å². The van der Waals surface area contributed by atoms with E-state index in [1.54, 1.807) is 6.92 Å². The number of pyridine rings is 1. The molecule has 0 unspecified atom stereocenters. The van der Waals surface area contributed by atoms with Crippen LogP contribution in [0.1, 0.15) is 16.3 Å². The van der Waals surface area contributed by atoms with Crippen molar-refractivity contribution < 1.29 is 14.5 Å². The molecule has 0 bridgehead atoms. The van der Waals surface area contributed by atoms with Crippen molar-refractivity contribution in [3.63, 3.8) is 0 Å². The van der Waals surface area contributed by atoms with Crippen LogP contribution in [0.5, 0.6) is 0 Å². The summed E-state index contributed by atoms with van der Waals surface area (Å²) in [6.45, 7) is 1.72. The third kappa shape index (κ3) is 3.08. The molecule has 2 heterocycles. The SMILES string of the molecule is COC(=O)c1ccc([N+](=O)[O-])c(Sc2nc(C)ns2)n1. The molecule has 0 spiro atoms. The highest BCUT2D eigenvalue weighted by molar-refractivity contribution is 8.01. The van der Waals surface area contributed by atoms with Gasteiger partial charge in [0.25, 0.3) is 0 Å². The van der Waals surface area contributed by atoms with Gasteiger partial charge < -0.3 is 4.74 Å². The van der Waals surface area contributed by atoms with Gasteiger partial charge in [0.2, 0.25) is 0 Å². The van der Waals surface area contributed by atoms with Crippen LogP contribution in [0.15, 0.2) is 21.5 Å². The Bertz CT molecular complexity index is 673. The lowest BCUT2D eigenvalue weighted by atomic mass is 10.3. The minimum atomic E-state index is -0.657. The zero-order valence-electron chi connectivity index (χ0n) is 10.4. The van der Waals surface area contributed by atoms with E-state index in [0.717, 1.165) is 23.3 Å². The Morgan fingerprint density at radius 2 is 2.20 bits per heavy atom. The number of hydrogen-bond donors (Lipinski definition) is 0. The summed E-state index contributed by atoms with van der Waals surface area (Å²) in [6, 6.07) is 2.47. The van der Waals surface area contributed by atoms with Gasteiger partial charge in [-0.05, 0) is 36.3 Å². The van der Waals surface area contributed by atoms with Crippen molar-refractivity contribution >= 4 is 35.0 Å². The van der Waals surface area contributed by atoms with Crippen LogP contribution in [-0.2, 0) is 4.74 Å². The molecule has 0 radical (unpaired) electrons. The van der Waals surface area contributed by atoms with Crippen molar-refractivity contribution in [2.24, 2.45) is 0 Å². The number of esters is 1. The highest BCUT2D eigenvalue weighted by atomic mass is 32.2. The maximum Gasteiger partial charge on any atom is 0.356 e. The lowest BCUT2D eigenvalue weighted by Crippen LogP contribution is -2.06. The minimum absolute atomic E-state index is 0.00170. The number of carbonyl (C=O) groups is 1. The Morgan fingerprint density at radius 3 is 2.75 bits per heavy atom. The molecule has 0 aromatic carbocycles. The van der Waals surface area contributed by atoms with E-state index < -0.39 is 10.9 Å². The fraction of sp³-hybridized carbons (Fsp3) is 0.200. The molecule has 104 valence electrons. The summed E-state index contributed by atoms with van der Waals surface area (Å²) >= 11 is 2.10. The van der Waals surface area contributed by atoms with Gasteiger partial charge in [0.05, 0.1) is 12.0 Å². The lowest BCUT2D eigenvalue weighted by molar-refractivity contribution is -0.388. The summed E-state index contributed by atoms with van der Waals surface area (Å²) < 4.78 is 9.04. The number of aryl methyl sites for hydroxylation is 1. The second-order valence-corrected chi connectivity index (χ2v) is 5.47. The second-order valence-electron chi connectivity index (χ2n) is 3.48. The first-order valence-corrected chi connectivity index (χ1v) is 6.82. The number of nitrogens with zero attached hydrogens (tertiary/aromatic N) is 4. The maximum atomic E-state index is 11.4. The Morgan fingerprint density at radius 1 is 1.45 bits per heavy atom. The second kappa shape index (κ2) is 5.92. The molecule has 0 atom stereocenters. The minimum Gasteiger partial charge on any atom is -0.464 e. The van der Waals surface area contributed by atoms with Crippen molar-refractivity contribution in [1.29, 1.82) is 0 Å². The predicted molar refractivity (Wildman–Crippen MR) is 71.0 cm³/mol. The molecule has 2 aromatic rings. The van der Waals surface area contributed by atoms with Crippen LogP contribution in [0, 0.1) is 17.0 Å². The van der Waals surface area contributed by atoms with Crippen LogP contribution in [0.4, 0.5) is 5.69 Å². The Hall–Kier alpha value is -2.07. The fourth-order valence-corrected chi connectivity index (χ4v) is 2.92. The molecule has 0 N–H and O–H groups in total. The number of carbonyl (C=O) groups excluding carboxylic acids is 1. The summed E-state index contributed by atoms with van der Waals surface area (Å²) in [5, 5.41) is 11.0. The van der Waals surface area contributed by atoms with E-state index in [9.17, 15) is 14.9 Å². The summed E-state index contributed by atoms with van der Waals surface area (Å²) in [6.07, 6.45) is 0. The average molecular weight is 312 g/mol. The zero-order chi connectivity index (χ0) is 14.7. The molecular weight excluding hydrogens is 304 g/mol. The quantitative estimate of drug-likeness (QED) is 0.479. The molecular formula is C10H8N4O4S2. The van der Waals surface area contributed by atoms with E-state index in [2.05, 4.69) is 19.1 Å². The lowest BCUT2D eigenvalue weighted by Gasteiger charge is -2.02. The fourth-order valence-electron chi connectivity index (χ4n) is 1.27. The smallest absolute Gasteiger partial charge is 0.356 e. The molecule has 0 aliphatic carbocycles. The van der Waals surface area contributed by atoms with Gasteiger partial charge in [0.15, 0.2) is 9.37 Å². The highest BCUT2D eigenvalue weighted by Gasteiger charge is 2.21. The van der Waals surface area contributed by atoms with Crippen molar-refractivity contribution in [3.05, 3.63) is 33.8 Å². The van der Waals surface area contributed by atoms with Crippen molar-refractivity contribution in [2.75, 3.05) is 7.11 Å². The van der Waals surface area contributed by atoms with Gasteiger partial charge >= 0.3 is 11.7 Å². The molecule has 20 heavy (non-hydrogen) atoms. The first kappa shape index (κ1) is 14.3. The molecule has 0 saturated carbocycles. The summed E-state index contributed by atoms with van der Waals surface area (Å²) in [5.41, 5.74) is -0.197. The number of hydrogen-bond acceptors (Lipinski definition) is 9. The van der Waals surface area contributed by atoms with Crippen molar-refractivity contribution in [3.8, 4) is 0 Å². The van der Waals surface area contributed by atoms with E-state index in [1.807, 2.05) is 0 Å². The van der Waals surface area contributed by atoms with Crippen molar-refractivity contribution in [2.45, 2.75) is 16.3 Å². The van der Waals surface area contributed by atoms with Gasteiger partial charge in [0, 0.05) is 6.07 Å². The number of ether oxygens (including phenoxy) is 1. The first-order valence-electron chi connectivity index (χ1n) is 5.23. The van der Waals surface area contributed by atoms with Crippen LogP contribution in [0.3, 0.4) is 0 Å². The molecule has 0 aliphatic rings. The van der Waals surface area contributed by atoms with Gasteiger partial charge in [-0.15, -0.1) is 0 Å². The molecule has 0 aliphatic heterocycles. The van der Waals surface area contributed by atoms with E-state index in [4.69, 9.17) is 0 Å². The first-order chi connectivity index (χ1) is 9.51. The van der Waals surface area contributed by atoms with Crippen molar-refractivity contribution in [1.82, 2.24) is 14.3 Å². The largest absolute Gasteiger partial charge is 0.464 e. The number of rotatable bonds is 4. The summed E-state index contributed by atoms with van der Waals surface area (Å²) in [4.78, 5) is 29.9. The Kier molecular flexibility index (Phi) is 4.25. The molecule has 0 amide bonds. The maximum absolute atomic E-state index is 11.4. The van der Waals surface area contributed by atoms with Crippen LogP contribution >= 0.6 is 23.3 Å². The van der Waals surface area contributed by atoms with E-state index >= 15 is 0 Å². The van der Waals surface area contributed by atoms with Gasteiger partial charge in [-0.1, -0.05) is 0 Å². The summed E-state index contributed by atoms with van der Waals surface area (Å²) in [7, 11) is 1.21. The summed E-state index contributed by atoms with van der Waals surface area (Å²) in [5.74, 6) is -0.0838. The highest BCUT2D eigenvalue weighted by Crippen LogP contribution is 2.34. The Labute approximate surface area is 121 Å². The van der Waals surface area contributed by atoms with Gasteiger partial charge in [-0.25, -0.2) is 14.8 Å². The Balaban J connectivity index is 2.41. The predicted octanol–water partition coefficient (Wildman–Crippen LogP) is 2.09. The van der Waals surface area contributed by atoms with Gasteiger partial charge in [-0.2, -0.15) is 4.37 Å². The molecule has 0 saturated heterocycles. The monoisotopic (exact) mass is 312 g/mol. The third-order valence-corrected chi connectivity index (χ3v) is 3.96. The standard InChI is InChI=1S/C10H8N4O4S2/c1-5-11-10(20-13-5)19-8-7(14(16)17)4-3-6(12-8)9(15)18-2/h3-4H,1-2H3. The topological polar surface area (TPSA) is 108 Å². The molecule has 2 rings (SSSR count). The van der Waals surface area contributed by atoms with E-state index in [0.29, 0.717) is 10.2 Å². The van der Waals surface area contributed by atoms with Gasteiger partial charge in [0.1, 0.15) is 11.5 Å². The molecule has 0 fully saturated rings. The number of methoxy groups -OCH3 is 1. The zero-order valence-corrected chi connectivity index (χ0v) is 12.0.